The number of carbonyl (C=O) groups is 2. The molecule has 0 fully saturated rings. The van der Waals surface area contributed by atoms with Gasteiger partial charge in [-0.05, 0) is 18.2 Å². The van der Waals surface area contributed by atoms with E-state index in [0.717, 1.165) is 18.2 Å². The third-order valence-corrected chi connectivity index (χ3v) is 2.42. The highest BCUT2D eigenvalue weighted by Crippen LogP contribution is 2.13. The van der Waals surface area contributed by atoms with E-state index < -0.39 is 28.8 Å². The van der Waals surface area contributed by atoms with Gasteiger partial charge in [-0.2, -0.15) is 0 Å². The van der Waals surface area contributed by atoms with Gasteiger partial charge in [-0.3, -0.25) is 9.59 Å². The highest BCUT2D eigenvalue weighted by Gasteiger charge is 2.21. The number of rotatable bonds is 3. The predicted molar refractivity (Wildman–Crippen MR) is 61.5 cm³/mol. The molecule has 0 bridgehead atoms. The van der Waals surface area contributed by atoms with Crippen molar-refractivity contribution in [2.75, 3.05) is 0 Å². The summed E-state index contributed by atoms with van der Waals surface area (Å²) in [6, 6.07) is 10.2. The maximum absolute atomic E-state index is 13.4. The van der Waals surface area contributed by atoms with Crippen LogP contribution in [0, 0.1) is 11.6 Å². The van der Waals surface area contributed by atoms with Crippen molar-refractivity contribution in [2.45, 2.75) is 0 Å². The molecule has 0 aliphatic heterocycles. The van der Waals surface area contributed by atoms with E-state index in [1.807, 2.05) is 0 Å². The van der Waals surface area contributed by atoms with Crippen molar-refractivity contribution in [3.63, 3.8) is 0 Å². The maximum Gasteiger partial charge on any atom is 0.236 e. The Morgan fingerprint density at radius 2 is 1.50 bits per heavy atom. The van der Waals surface area contributed by atoms with Crippen LogP contribution >= 0.6 is 0 Å². The first kappa shape index (κ1) is 12.1. The van der Waals surface area contributed by atoms with Gasteiger partial charge < -0.3 is 0 Å². The second-order valence-electron chi connectivity index (χ2n) is 3.65. The summed E-state index contributed by atoms with van der Waals surface area (Å²) in [5.41, 5.74) is -0.407. The second kappa shape index (κ2) is 4.87. The van der Waals surface area contributed by atoms with E-state index in [-0.39, 0.29) is 5.56 Å². The Labute approximate surface area is 102 Å². The van der Waals surface area contributed by atoms with Crippen molar-refractivity contribution < 1.29 is 18.4 Å². The number of hydrogen-bond donors (Lipinski definition) is 0. The van der Waals surface area contributed by atoms with Crippen molar-refractivity contribution in [1.29, 1.82) is 0 Å². The summed E-state index contributed by atoms with van der Waals surface area (Å²) in [4.78, 5) is 23.5. The van der Waals surface area contributed by atoms with Crippen LogP contribution in [0.15, 0.2) is 48.5 Å². The molecule has 0 saturated carbocycles. The molecular formula is C14H8F2O2. The van der Waals surface area contributed by atoms with Gasteiger partial charge in [0.05, 0.1) is 5.56 Å². The third kappa shape index (κ3) is 2.32. The molecule has 0 heterocycles. The van der Waals surface area contributed by atoms with E-state index in [4.69, 9.17) is 0 Å². The monoisotopic (exact) mass is 246 g/mol. The maximum atomic E-state index is 13.4. The molecular weight excluding hydrogens is 238 g/mol. The van der Waals surface area contributed by atoms with Gasteiger partial charge in [0.15, 0.2) is 0 Å². The molecule has 2 nitrogen and oxygen atoms in total. The van der Waals surface area contributed by atoms with Crippen molar-refractivity contribution in [3.05, 3.63) is 71.3 Å². The molecule has 90 valence electrons. The molecule has 18 heavy (non-hydrogen) atoms. The average Bonchev–Trinajstić information content (AvgIpc) is 2.41. The molecule has 2 aromatic carbocycles. The first-order valence-corrected chi connectivity index (χ1v) is 5.18. The zero-order chi connectivity index (χ0) is 13.1. The number of ketones is 2. The van der Waals surface area contributed by atoms with Crippen LogP contribution in [-0.2, 0) is 0 Å². The van der Waals surface area contributed by atoms with Crippen LogP contribution in [0.5, 0.6) is 0 Å². The lowest BCUT2D eigenvalue weighted by Crippen LogP contribution is -2.16. The van der Waals surface area contributed by atoms with Crippen molar-refractivity contribution >= 4 is 11.6 Å². The van der Waals surface area contributed by atoms with Crippen molar-refractivity contribution in [2.24, 2.45) is 0 Å². The number of Topliss-reactive ketones (excluding diaryl/α,β-unsaturated/α-hetero) is 2. The Morgan fingerprint density at radius 1 is 0.833 bits per heavy atom. The molecule has 0 aliphatic carbocycles. The van der Waals surface area contributed by atoms with Gasteiger partial charge in [0, 0.05) is 5.56 Å². The Hall–Kier alpha value is -2.36. The second-order valence-corrected chi connectivity index (χ2v) is 3.65. The Balaban J connectivity index is 2.38. The van der Waals surface area contributed by atoms with Gasteiger partial charge >= 0.3 is 0 Å². The van der Waals surface area contributed by atoms with Gasteiger partial charge in [0.2, 0.25) is 11.6 Å². The number of carbonyl (C=O) groups excluding carboxylic acids is 2. The smallest absolute Gasteiger partial charge is 0.236 e. The van der Waals surface area contributed by atoms with Crippen LogP contribution in [0.1, 0.15) is 20.7 Å². The zero-order valence-electron chi connectivity index (χ0n) is 9.19. The molecule has 0 aliphatic rings. The summed E-state index contributed by atoms with van der Waals surface area (Å²) in [6.07, 6.45) is 0. The van der Waals surface area contributed by atoms with Crippen LogP contribution < -0.4 is 0 Å². The summed E-state index contributed by atoms with van der Waals surface area (Å²) < 4.78 is 26.3. The van der Waals surface area contributed by atoms with Gasteiger partial charge in [-0.15, -0.1) is 0 Å². The molecule has 0 radical (unpaired) electrons. The van der Waals surface area contributed by atoms with E-state index in [1.165, 1.54) is 12.1 Å². The summed E-state index contributed by atoms with van der Waals surface area (Å²) in [7, 11) is 0. The summed E-state index contributed by atoms with van der Waals surface area (Å²) in [5.74, 6) is -3.59. The van der Waals surface area contributed by atoms with Crippen LogP contribution in [0.3, 0.4) is 0 Å². The Kier molecular flexibility index (Phi) is 3.28. The lowest BCUT2D eigenvalue weighted by Gasteiger charge is -2.02. The predicted octanol–water partition coefficient (Wildman–Crippen LogP) is 3.03. The largest absolute Gasteiger partial charge is 0.285 e. The van der Waals surface area contributed by atoms with Gasteiger partial charge in [0.1, 0.15) is 11.6 Å². The molecule has 4 heteroatoms. The molecule has 0 N–H and O–H groups in total. The van der Waals surface area contributed by atoms with Crippen LogP contribution in [0.4, 0.5) is 8.78 Å². The zero-order valence-corrected chi connectivity index (χ0v) is 9.19. The molecule has 0 saturated heterocycles. The fourth-order valence-electron chi connectivity index (χ4n) is 1.51. The lowest BCUT2D eigenvalue weighted by atomic mass is 10.0. The highest BCUT2D eigenvalue weighted by molar-refractivity contribution is 6.49. The Morgan fingerprint density at radius 3 is 2.17 bits per heavy atom. The van der Waals surface area contributed by atoms with Gasteiger partial charge in [-0.1, -0.05) is 30.3 Å². The number of benzene rings is 2. The van der Waals surface area contributed by atoms with Crippen LogP contribution in [0.2, 0.25) is 0 Å². The summed E-state index contributed by atoms with van der Waals surface area (Å²) in [6.45, 7) is 0. The lowest BCUT2D eigenvalue weighted by molar-refractivity contribution is 0.0814. The van der Waals surface area contributed by atoms with Crippen LogP contribution in [0.25, 0.3) is 0 Å². The van der Waals surface area contributed by atoms with E-state index in [2.05, 4.69) is 0 Å². The fourth-order valence-corrected chi connectivity index (χ4v) is 1.51. The minimum Gasteiger partial charge on any atom is -0.285 e. The van der Waals surface area contributed by atoms with Gasteiger partial charge in [0.25, 0.3) is 0 Å². The standard InChI is InChI=1S/C14H8F2O2/c15-10-6-7-12(16)11(8-10)14(18)13(17)9-4-2-1-3-5-9/h1-8H. The molecule has 2 rings (SSSR count). The van der Waals surface area contributed by atoms with E-state index in [0.29, 0.717) is 0 Å². The minimum absolute atomic E-state index is 0.145. The highest BCUT2D eigenvalue weighted by atomic mass is 19.1. The van der Waals surface area contributed by atoms with Crippen molar-refractivity contribution in [1.82, 2.24) is 0 Å². The van der Waals surface area contributed by atoms with Crippen LogP contribution in [-0.4, -0.2) is 11.6 Å². The van der Waals surface area contributed by atoms with E-state index >= 15 is 0 Å². The topological polar surface area (TPSA) is 34.1 Å². The number of halogens is 2. The SMILES string of the molecule is O=C(C(=O)c1cc(F)ccc1F)c1ccccc1. The average molecular weight is 246 g/mol. The molecule has 2 aromatic rings. The molecule has 0 unspecified atom stereocenters. The van der Waals surface area contributed by atoms with E-state index in [9.17, 15) is 18.4 Å². The minimum atomic E-state index is -1.06. The fraction of sp³-hybridized carbons (Fsp3) is 0. The quantitative estimate of drug-likeness (QED) is 0.616. The molecule has 0 spiro atoms. The summed E-state index contributed by atoms with van der Waals surface area (Å²) in [5, 5.41) is 0. The number of hydrogen-bond acceptors (Lipinski definition) is 2. The third-order valence-electron chi connectivity index (χ3n) is 2.42. The Bertz CT molecular complexity index is 606. The van der Waals surface area contributed by atoms with E-state index in [1.54, 1.807) is 18.2 Å². The summed E-state index contributed by atoms with van der Waals surface area (Å²) >= 11 is 0. The van der Waals surface area contributed by atoms with Gasteiger partial charge in [-0.25, -0.2) is 8.78 Å². The molecule has 0 amide bonds. The normalized spacial score (nSPS) is 10.1. The molecule has 0 aromatic heterocycles. The first-order chi connectivity index (χ1) is 8.59. The molecule has 0 atom stereocenters. The first-order valence-electron chi connectivity index (χ1n) is 5.18. The van der Waals surface area contributed by atoms with Crippen molar-refractivity contribution in [3.8, 4) is 0 Å².